The van der Waals surface area contributed by atoms with E-state index in [0.29, 0.717) is 18.9 Å². The first kappa shape index (κ1) is 34.0. The standard InChI is InChI=1S/C36H43F3N2O4/c1-27(42)6-2-3-7-28(26-29-11-14-31(15-12-29)35(43)44)10-13-30-8-4-5-9-34(30)45-25-24-40-20-22-41(23-21-40)33-18-16-32(17-19-33)36(37,38)39/h4-5,8-9,11-12,14-19,28H,2-3,6-7,10,13,20-26H2,1H3,(H,43,44). The number of benzene rings is 3. The van der Waals surface area contributed by atoms with Crippen molar-refractivity contribution in [3.63, 3.8) is 0 Å². The van der Waals surface area contributed by atoms with E-state index in [1.54, 1.807) is 31.2 Å². The number of nitrogens with zero attached hydrogens (tertiary/aromatic N) is 2. The van der Waals surface area contributed by atoms with E-state index < -0.39 is 17.7 Å². The molecular weight excluding hydrogens is 581 g/mol. The van der Waals surface area contributed by atoms with Gasteiger partial charge in [-0.15, -0.1) is 0 Å². The first-order chi connectivity index (χ1) is 21.6. The van der Waals surface area contributed by atoms with Crippen LogP contribution in [0.25, 0.3) is 0 Å². The number of aryl methyl sites for hydroxylation is 1. The lowest BCUT2D eigenvalue weighted by Gasteiger charge is -2.36. The second-order valence-corrected chi connectivity index (χ2v) is 11.9. The van der Waals surface area contributed by atoms with E-state index in [4.69, 9.17) is 4.74 Å². The third-order valence-electron chi connectivity index (χ3n) is 8.51. The van der Waals surface area contributed by atoms with Gasteiger partial charge in [0, 0.05) is 44.8 Å². The number of unbranched alkanes of at least 4 members (excludes halogenated alkanes) is 1. The minimum Gasteiger partial charge on any atom is -0.492 e. The van der Waals surface area contributed by atoms with Crippen molar-refractivity contribution >= 4 is 17.4 Å². The van der Waals surface area contributed by atoms with Crippen molar-refractivity contribution in [2.24, 2.45) is 5.92 Å². The zero-order valence-electron chi connectivity index (χ0n) is 25.9. The number of ether oxygens (including phenoxy) is 1. The molecule has 1 N–H and O–H groups in total. The van der Waals surface area contributed by atoms with Crippen molar-refractivity contribution in [3.05, 3.63) is 95.1 Å². The summed E-state index contributed by atoms with van der Waals surface area (Å²) in [7, 11) is 0. The van der Waals surface area contributed by atoms with E-state index in [1.165, 1.54) is 0 Å². The Morgan fingerprint density at radius 3 is 2.22 bits per heavy atom. The SMILES string of the molecule is CC(=O)CCCCC(CCc1ccccc1OCCN1CCN(c2ccc(C(F)(F)F)cc2)CC1)Cc1ccc(C(=O)O)cc1. The summed E-state index contributed by atoms with van der Waals surface area (Å²) in [6.07, 6.45) is 1.77. The molecule has 242 valence electrons. The molecule has 1 aliphatic heterocycles. The Kier molecular flexibility index (Phi) is 12.4. The van der Waals surface area contributed by atoms with Crippen LogP contribution in [0.1, 0.15) is 66.1 Å². The number of piperazine rings is 1. The van der Waals surface area contributed by atoms with Crippen LogP contribution >= 0.6 is 0 Å². The summed E-state index contributed by atoms with van der Waals surface area (Å²) in [6, 6.07) is 20.6. The van der Waals surface area contributed by atoms with E-state index in [1.807, 2.05) is 30.3 Å². The quantitative estimate of drug-likeness (QED) is 0.166. The lowest BCUT2D eigenvalue weighted by atomic mass is 9.88. The number of carbonyl (C=O) groups is 2. The summed E-state index contributed by atoms with van der Waals surface area (Å²) in [6.45, 7) is 6.04. The molecule has 3 aromatic carbocycles. The first-order valence-corrected chi connectivity index (χ1v) is 15.8. The van der Waals surface area contributed by atoms with Crippen molar-refractivity contribution in [2.45, 2.75) is 58.0 Å². The summed E-state index contributed by atoms with van der Waals surface area (Å²) in [5, 5.41) is 9.23. The second kappa shape index (κ2) is 16.5. The number of para-hydroxylation sites is 1. The average molecular weight is 625 g/mol. The molecule has 0 bridgehead atoms. The highest BCUT2D eigenvalue weighted by molar-refractivity contribution is 5.87. The molecule has 1 fully saturated rings. The lowest BCUT2D eigenvalue weighted by Crippen LogP contribution is -2.47. The highest BCUT2D eigenvalue weighted by Gasteiger charge is 2.30. The largest absolute Gasteiger partial charge is 0.492 e. The van der Waals surface area contributed by atoms with Gasteiger partial charge < -0.3 is 19.5 Å². The topological polar surface area (TPSA) is 70.1 Å². The van der Waals surface area contributed by atoms with Crippen molar-refractivity contribution < 1.29 is 32.6 Å². The molecule has 1 unspecified atom stereocenters. The van der Waals surface area contributed by atoms with E-state index in [-0.39, 0.29) is 11.3 Å². The number of aromatic carboxylic acids is 1. The number of rotatable bonds is 16. The molecule has 9 heteroatoms. The molecule has 6 nitrogen and oxygen atoms in total. The van der Waals surface area contributed by atoms with Gasteiger partial charge in [-0.2, -0.15) is 13.2 Å². The minimum absolute atomic E-state index is 0.211. The molecule has 4 rings (SSSR count). The van der Waals surface area contributed by atoms with Crippen LogP contribution in [0.5, 0.6) is 5.75 Å². The molecule has 1 aliphatic rings. The molecule has 1 atom stereocenters. The first-order valence-electron chi connectivity index (χ1n) is 15.8. The number of carboxylic acids is 1. The Morgan fingerprint density at radius 1 is 0.889 bits per heavy atom. The van der Waals surface area contributed by atoms with Gasteiger partial charge in [0.2, 0.25) is 0 Å². The number of carbonyl (C=O) groups excluding carboxylic acids is 1. The van der Waals surface area contributed by atoms with E-state index >= 15 is 0 Å². The zero-order valence-corrected chi connectivity index (χ0v) is 25.9. The van der Waals surface area contributed by atoms with Gasteiger partial charge in [0.15, 0.2) is 0 Å². The number of carboxylic acid groups (broad SMARTS) is 1. The van der Waals surface area contributed by atoms with E-state index in [0.717, 1.165) is 106 Å². The molecule has 1 saturated heterocycles. The molecule has 45 heavy (non-hydrogen) atoms. The third kappa shape index (κ3) is 10.9. The lowest BCUT2D eigenvalue weighted by molar-refractivity contribution is -0.137. The number of Topliss-reactive ketones (excluding diaryl/α,β-unsaturated/α-hetero) is 1. The molecule has 1 heterocycles. The zero-order chi connectivity index (χ0) is 32.2. The Labute approximate surface area is 263 Å². The Hall–Kier alpha value is -3.85. The van der Waals surface area contributed by atoms with E-state index in [2.05, 4.69) is 15.9 Å². The monoisotopic (exact) mass is 624 g/mol. The summed E-state index contributed by atoms with van der Waals surface area (Å²) < 4.78 is 44.9. The molecule has 3 aromatic rings. The van der Waals surface area contributed by atoms with Gasteiger partial charge >= 0.3 is 12.1 Å². The van der Waals surface area contributed by atoms with Gasteiger partial charge in [-0.25, -0.2) is 4.79 Å². The number of ketones is 1. The number of anilines is 1. The Balaban J connectivity index is 1.26. The summed E-state index contributed by atoms with van der Waals surface area (Å²) in [4.78, 5) is 27.1. The predicted molar refractivity (Wildman–Crippen MR) is 170 cm³/mol. The molecule has 0 spiro atoms. The predicted octanol–water partition coefficient (Wildman–Crippen LogP) is 7.55. The maximum atomic E-state index is 12.9. The van der Waals surface area contributed by atoms with Crippen LogP contribution in [0.4, 0.5) is 18.9 Å². The van der Waals surface area contributed by atoms with Crippen LogP contribution in [0.3, 0.4) is 0 Å². The van der Waals surface area contributed by atoms with Crippen LogP contribution in [0, 0.1) is 5.92 Å². The number of halogens is 3. The highest BCUT2D eigenvalue weighted by Crippen LogP contribution is 2.31. The fourth-order valence-corrected chi connectivity index (χ4v) is 5.86. The van der Waals surface area contributed by atoms with Crippen LogP contribution in [0.2, 0.25) is 0 Å². The third-order valence-corrected chi connectivity index (χ3v) is 8.51. The van der Waals surface area contributed by atoms with Gasteiger partial charge in [-0.1, -0.05) is 43.2 Å². The molecular formula is C36H43F3N2O4. The summed E-state index contributed by atoms with van der Waals surface area (Å²) in [5.74, 6) is 0.547. The highest BCUT2D eigenvalue weighted by atomic mass is 19.4. The van der Waals surface area contributed by atoms with Crippen LogP contribution < -0.4 is 9.64 Å². The molecule has 0 radical (unpaired) electrons. The van der Waals surface area contributed by atoms with E-state index in [9.17, 15) is 27.9 Å². The van der Waals surface area contributed by atoms with Gasteiger partial charge in [-0.3, -0.25) is 4.90 Å². The minimum atomic E-state index is -4.33. The summed E-state index contributed by atoms with van der Waals surface area (Å²) >= 11 is 0. The maximum absolute atomic E-state index is 12.9. The number of hydrogen-bond donors (Lipinski definition) is 1. The fraction of sp³-hybridized carbons (Fsp3) is 0.444. The van der Waals surface area contributed by atoms with Gasteiger partial charge in [0.25, 0.3) is 0 Å². The Morgan fingerprint density at radius 2 is 1.58 bits per heavy atom. The van der Waals surface area contributed by atoms with Gasteiger partial charge in [0.1, 0.15) is 18.1 Å². The van der Waals surface area contributed by atoms with Crippen molar-refractivity contribution in [3.8, 4) is 5.75 Å². The van der Waals surface area contributed by atoms with Crippen LogP contribution in [0.15, 0.2) is 72.8 Å². The number of hydrogen-bond acceptors (Lipinski definition) is 5. The molecule has 0 aromatic heterocycles. The fourth-order valence-electron chi connectivity index (χ4n) is 5.86. The smallest absolute Gasteiger partial charge is 0.416 e. The van der Waals surface area contributed by atoms with Crippen LogP contribution in [-0.4, -0.2) is 61.1 Å². The molecule has 0 aliphatic carbocycles. The average Bonchev–Trinajstić information content (AvgIpc) is 3.02. The van der Waals surface area contributed by atoms with Gasteiger partial charge in [-0.05, 0) is 92.1 Å². The second-order valence-electron chi connectivity index (χ2n) is 11.9. The summed E-state index contributed by atoms with van der Waals surface area (Å²) in [5.41, 5.74) is 2.72. The normalized spacial score (nSPS) is 14.7. The van der Waals surface area contributed by atoms with Crippen molar-refractivity contribution in [1.29, 1.82) is 0 Å². The molecule has 0 amide bonds. The Bertz CT molecular complexity index is 1370. The molecule has 0 saturated carbocycles. The van der Waals surface area contributed by atoms with Gasteiger partial charge in [0.05, 0.1) is 11.1 Å². The maximum Gasteiger partial charge on any atom is 0.416 e. The van der Waals surface area contributed by atoms with Crippen molar-refractivity contribution in [1.82, 2.24) is 4.90 Å². The van der Waals surface area contributed by atoms with Crippen LogP contribution in [-0.2, 0) is 23.8 Å². The number of alkyl halides is 3. The van der Waals surface area contributed by atoms with Crippen molar-refractivity contribution in [2.75, 3.05) is 44.2 Å².